The first-order valence-corrected chi connectivity index (χ1v) is 8.67. The van der Waals surface area contributed by atoms with Crippen LogP contribution >= 0.6 is 0 Å². The third-order valence-electron chi connectivity index (χ3n) is 3.90. The van der Waals surface area contributed by atoms with Crippen LogP contribution < -0.4 is 0 Å². The molecule has 0 bridgehead atoms. The van der Waals surface area contributed by atoms with Gasteiger partial charge in [0.25, 0.3) is 0 Å². The van der Waals surface area contributed by atoms with Crippen LogP contribution in [0, 0.1) is 0 Å². The first kappa shape index (κ1) is 19.9. The number of unbranched alkanes of at least 4 members (excludes halogenated alkanes) is 10. The maximum absolute atomic E-state index is 9.62. The Balaban J connectivity index is 3.12. The van der Waals surface area contributed by atoms with Crippen molar-refractivity contribution in [1.29, 1.82) is 0 Å². The van der Waals surface area contributed by atoms with Gasteiger partial charge in [-0.15, -0.1) is 0 Å². The van der Waals surface area contributed by atoms with Crippen molar-refractivity contribution in [1.82, 2.24) is 0 Å². The highest BCUT2D eigenvalue weighted by Crippen LogP contribution is 2.13. The summed E-state index contributed by atoms with van der Waals surface area (Å²) in [4.78, 5) is 0. The summed E-state index contributed by atoms with van der Waals surface area (Å²) in [5.41, 5.74) is 0. The average molecular weight is 288 g/mol. The van der Waals surface area contributed by atoms with Crippen molar-refractivity contribution in [2.75, 3.05) is 6.61 Å². The molecule has 0 unspecified atom stereocenters. The minimum Gasteiger partial charge on any atom is -0.394 e. The van der Waals surface area contributed by atoms with Crippen molar-refractivity contribution in [3.8, 4) is 0 Å². The fourth-order valence-electron chi connectivity index (χ4n) is 2.55. The van der Waals surface area contributed by atoms with Crippen LogP contribution in [0.15, 0.2) is 0 Å². The van der Waals surface area contributed by atoms with Crippen LogP contribution in [0.3, 0.4) is 0 Å². The normalized spacial score (nSPS) is 14.4. The lowest BCUT2D eigenvalue weighted by molar-refractivity contribution is 0.0380. The summed E-state index contributed by atoms with van der Waals surface area (Å²) in [7, 11) is 0. The lowest BCUT2D eigenvalue weighted by atomic mass is 10.0. The molecule has 3 heteroatoms. The smallest absolute Gasteiger partial charge is 0.0795 e. The summed E-state index contributed by atoms with van der Waals surface area (Å²) < 4.78 is 0. The van der Waals surface area contributed by atoms with Crippen LogP contribution in [0.25, 0.3) is 0 Å². The van der Waals surface area contributed by atoms with Crippen LogP contribution in [0.1, 0.15) is 90.4 Å². The molecular formula is C17H36O3. The molecule has 3 N–H and O–H groups in total. The van der Waals surface area contributed by atoms with E-state index in [1.165, 1.54) is 64.2 Å². The number of hydrogen-bond donors (Lipinski definition) is 3. The minimum absolute atomic E-state index is 0.255. The molecule has 0 amide bonds. The van der Waals surface area contributed by atoms with Gasteiger partial charge in [-0.1, -0.05) is 77.6 Å². The molecule has 0 aliphatic rings. The fraction of sp³-hybridized carbons (Fsp3) is 1.00. The number of rotatable bonds is 15. The van der Waals surface area contributed by atoms with E-state index in [4.69, 9.17) is 5.11 Å². The molecule has 0 aromatic carbocycles. The zero-order valence-electron chi connectivity index (χ0n) is 13.4. The van der Waals surface area contributed by atoms with E-state index in [9.17, 15) is 10.2 Å². The van der Waals surface area contributed by atoms with Gasteiger partial charge in [0.1, 0.15) is 0 Å². The number of aliphatic hydroxyl groups excluding tert-OH is 3. The topological polar surface area (TPSA) is 60.7 Å². The van der Waals surface area contributed by atoms with Gasteiger partial charge >= 0.3 is 0 Å². The minimum atomic E-state index is -0.766. The monoisotopic (exact) mass is 288 g/mol. The molecular weight excluding hydrogens is 252 g/mol. The maximum atomic E-state index is 9.62. The second-order valence-electron chi connectivity index (χ2n) is 6.05. The largest absolute Gasteiger partial charge is 0.394 e. The summed E-state index contributed by atoms with van der Waals surface area (Å²) in [5.74, 6) is 0. The Hall–Kier alpha value is -0.120. The second-order valence-corrected chi connectivity index (χ2v) is 6.05. The maximum Gasteiger partial charge on any atom is 0.0795 e. The van der Waals surface area contributed by atoms with Gasteiger partial charge in [-0.05, 0) is 6.42 Å². The Kier molecular flexibility index (Phi) is 15.2. The molecule has 0 rings (SSSR count). The molecule has 0 fully saturated rings. The molecule has 0 heterocycles. The Labute approximate surface area is 125 Å². The second kappa shape index (κ2) is 15.3. The van der Waals surface area contributed by atoms with E-state index < -0.39 is 12.2 Å². The molecule has 122 valence electrons. The van der Waals surface area contributed by atoms with Gasteiger partial charge < -0.3 is 15.3 Å². The van der Waals surface area contributed by atoms with Gasteiger partial charge in [-0.25, -0.2) is 0 Å². The summed E-state index contributed by atoms with van der Waals surface area (Å²) in [5, 5.41) is 27.5. The van der Waals surface area contributed by atoms with Crippen LogP contribution in [-0.2, 0) is 0 Å². The molecule has 0 spiro atoms. The summed E-state index contributed by atoms with van der Waals surface area (Å²) in [6.45, 7) is 2.00. The highest BCUT2D eigenvalue weighted by molar-refractivity contribution is 4.62. The van der Waals surface area contributed by atoms with E-state index in [2.05, 4.69) is 6.92 Å². The van der Waals surface area contributed by atoms with Crippen LogP contribution in [0.2, 0.25) is 0 Å². The van der Waals surface area contributed by atoms with Crippen LogP contribution in [-0.4, -0.2) is 34.1 Å². The molecule has 3 nitrogen and oxygen atoms in total. The predicted molar refractivity (Wildman–Crippen MR) is 84.8 cm³/mol. The average Bonchev–Trinajstić information content (AvgIpc) is 2.44. The van der Waals surface area contributed by atoms with E-state index in [1.54, 1.807) is 0 Å². The number of aliphatic hydroxyl groups is 3. The zero-order chi connectivity index (χ0) is 15.1. The molecule has 2 atom stereocenters. The van der Waals surface area contributed by atoms with Crippen molar-refractivity contribution in [3.05, 3.63) is 0 Å². The third kappa shape index (κ3) is 14.3. The van der Waals surface area contributed by atoms with Crippen molar-refractivity contribution >= 4 is 0 Å². The quantitative estimate of drug-likeness (QED) is 0.402. The SMILES string of the molecule is CCCCCCCCCCCCC[C@@H](O)C[C@H](O)CO. The van der Waals surface area contributed by atoms with Gasteiger partial charge in [-0.2, -0.15) is 0 Å². The Morgan fingerprint density at radius 1 is 0.650 bits per heavy atom. The summed E-state index contributed by atoms with van der Waals surface area (Å²) in [6.07, 6.45) is 14.2. The standard InChI is InChI=1S/C17H36O3/c1-2-3-4-5-6-7-8-9-10-11-12-13-16(19)14-17(20)15-18/h16-20H,2-15H2,1H3/t16-,17+/m1/s1. The van der Waals surface area contributed by atoms with Crippen molar-refractivity contribution in [2.24, 2.45) is 0 Å². The lowest BCUT2D eigenvalue weighted by Crippen LogP contribution is -2.20. The van der Waals surface area contributed by atoms with Crippen molar-refractivity contribution in [2.45, 2.75) is 103 Å². The molecule has 0 saturated heterocycles. The summed E-state index contributed by atoms with van der Waals surface area (Å²) >= 11 is 0. The molecule has 0 saturated carbocycles. The van der Waals surface area contributed by atoms with E-state index in [0.29, 0.717) is 6.42 Å². The first-order valence-electron chi connectivity index (χ1n) is 8.67. The van der Waals surface area contributed by atoms with Gasteiger partial charge in [0.05, 0.1) is 18.8 Å². The third-order valence-corrected chi connectivity index (χ3v) is 3.90. The van der Waals surface area contributed by atoms with E-state index >= 15 is 0 Å². The van der Waals surface area contributed by atoms with Gasteiger partial charge in [0, 0.05) is 6.42 Å². The van der Waals surface area contributed by atoms with Gasteiger partial charge in [-0.3, -0.25) is 0 Å². The van der Waals surface area contributed by atoms with Crippen LogP contribution in [0.4, 0.5) is 0 Å². The fourth-order valence-corrected chi connectivity index (χ4v) is 2.55. The first-order chi connectivity index (χ1) is 9.70. The van der Waals surface area contributed by atoms with Crippen molar-refractivity contribution in [3.63, 3.8) is 0 Å². The van der Waals surface area contributed by atoms with E-state index in [0.717, 1.165) is 12.8 Å². The lowest BCUT2D eigenvalue weighted by Gasteiger charge is -2.13. The highest BCUT2D eigenvalue weighted by Gasteiger charge is 2.10. The van der Waals surface area contributed by atoms with E-state index in [-0.39, 0.29) is 6.61 Å². The van der Waals surface area contributed by atoms with E-state index in [1.807, 2.05) is 0 Å². The summed E-state index contributed by atoms with van der Waals surface area (Å²) in [6, 6.07) is 0. The molecule has 0 radical (unpaired) electrons. The van der Waals surface area contributed by atoms with Crippen molar-refractivity contribution < 1.29 is 15.3 Å². The van der Waals surface area contributed by atoms with Gasteiger partial charge in [0.15, 0.2) is 0 Å². The predicted octanol–water partition coefficient (Wildman–Crippen LogP) is 3.79. The Morgan fingerprint density at radius 3 is 1.55 bits per heavy atom. The zero-order valence-corrected chi connectivity index (χ0v) is 13.4. The molecule has 0 aromatic rings. The number of hydrogen-bond acceptors (Lipinski definition) is 3. The molecule has 0 aliphatic heterocycles. The van der Waals surface area contributed by atoms with Gasteiger partial charge in [0.2, 0.25) is 0 Å². The highest BCUT2D eigenvalue weighted by atomic mass is 16.3. The molecule has 0 aliphatic carbocycles. The Bertz CT molecular complexity index is 185. The Morgan fingerprint density at radius 2 is 1.10 bits per heavy atom. The van der Waals surface area contributed by atoms with Crippen LogP contribution in [0.5, 0.6) is 0 Å². The molecule has 20 heavy (non-hydrogen) atoms. The molecule has 0 aromatic heterocycles.